The molecule has 7 heteroatoms. The summed E-state index contributed by atoms with van der Waals surface area (Å²) in [6.45, 7) is 0. The molecular formula is C12H12N2O4S. The van der Waals surface area contributed by atoms with Crippen molar-refractivity contribution in [3.8, 4) is 0 Å². The van der Waals surface area contributed by atoms with Gasteiger partial charge in [0.25, 0.3) is 0 Å². The maximum Gasteiger partial charge on any atom is 0.420 e. The van der Waals surface area contributed by atoms with Crippen molar-refractivity contribution in [2.75, 3.05) is 0 Å². The van der Waals surface area contributed by atoms with Crippen molar-refractivity contribution >= 4 is 16.2 Å². The second-order valence-corrected chi connectivity index (χ2v) is 4.74. The number of nitrogens with two attached hydrogens (primary N) is 1. The maximum absolute atomic E-state index is 11.1. The van der Waals surface area contributed by atoms with Gasteiger partial charge in [-0.05, 0) is 24.3 Å². The zero-order valence-electron chi connectivity index (χ0n) is 9.84. The average Bonchev–Trinajstić information content (AvgIpc) is 2.41. The number of hydrogen-bond acceptors (Lipinski definition) is 5. The number of amides is 1. The molecule has 0 aliphatic heterocycles. The summed E-state index contributed by atoms with van der Waals surface area (Å²) in [6.07, 6.45) is 2.16. The molecule has 0 bridgehead atoms. The molecule has 6 nitrogen and oxygen atoms in total. The zero-order chi connectivity index (χ0) is 14.1. The predicted molar refractivity (Wildman–Crippen MR) is 68.5 cm³/mol. The lowest BCUT2D eigenvalue weighted by Crippen LogP contribution is -2.18. The molecular weight excluding hydrogens is 268 g/mol. The minimum absolute atomic E-state index is 0.103. The van der Waals surface area contributed by atoms with Gasteiger partial charge in [0.15, 0.2) is 0 Å². The Bertz CT molecular complexity index is 573. The number of hydrogen-bond donors (Lipinski definition) is 1. The highest BCUT2D eigenvalue weighted by atomic mass is 32.2. The number of primary amides is 1. The summed E-state index contributed by atoms with van der Waals surface area (Å²) in [5.74, 6) is 0. The normalized spacial score (nSPS) is 9.89. The van der Waals surface area contributed by atoms with Crippen molar-refractivity contribution in [2.24, 2.45) is 5.73 Å². The standard InChI is InChI=1S/C7H7NO4S.C5H5N/c8-7(9)12-13(10,11)6-4-2-1-3-5-6;1-2-4-6-5-3-1/h1-5H,(H2,8,9);1-5H. The van der Waals surface area contributed by atoms with Crippen LogP contribution in [0.5, 0.6) is 0 Å². The summed E-state index contributed by atoms with van der Waals surface area (Å²) in [6, 6.07) is 13.0. The van der Waals surface area contributed by atoms with Crippen LogP contribution in [0.4, 0.5) is 4.79 Å². The monoisotopic (exact) mass is 280 g/mol. The van der Waals surface area contributed by atoms with Crippen molar-refractivity contribution in [1.29, 1.82) is 0 Å². The van der Waals surface area contributed by atoms with Crippen molar-refractivity contribution in [2.45, 2.75) is 4.90 Å². The van der Waals surface area contributed by atoms with E-state index in [4.69, 9.17) is 0 Å². The molecule has 0 saturated carbocycles. The molecule has 0 radical (unpaired) electrons. The average molecular weight is 280 g/mol. The SMILES string of the molecule is NC(=O)OS(=O)(=O)c1ccccc1.c1ccncc1. The molecule has 1 aromatic carbocycles. The molecule has 100 valence electrons. The van der Waals surface area contributed by atoms with E-state index in [0.29, 0.717) is 0 Å². The topological polar surface area (TPSA) is 99.4 Å². The Morgan fingerprint density at radius 2 is 1.53 bits per heavy atom. The van der Waals surface area contributed by atoms with Gasteiger partial charge in [-0.2, -0.15) is 8.42 Å². The fraction of sp³-hybridized carbons (Fsp3) is 0. The summed E-state index contributed by atoms with van der Waals surface area (Å²) in [5.41, 5.74) is 4.58. The summed E-state index contributed by atoms with van der Waals surface area (Å²) in [7, 11) is -4.03. The highest BCUT2D eigenvalue weighted by molar-refractivity contribution is 7.87. The Labute approximate surface area is 111 Å². The Kier molecular flexibility index (Phi) is 5.49. The van der Waals surface area contributed by atoms with Crippen LogP contribution in [0.1, 0.15) is 0 Å². The van der Waals surface area contributed by atoms with Crippen LogP contribution in [-0.4, -0.2) is 19.5 Å². The molecule has 0 saturated heterocycles. The molecule has 0 unspecified atom stereocenters. The van der Waals surface area contributed by atoms with Gasteiger partial charge in [-0.25, -0.2) is 4.79 Å². The van der Waals surface area contributed by atoms with E-state index >= 15 is 0 Å². The number of nitrogens with zero attached hydrogens (tertiary/aromatic N) is 1. The second-order valence-electron chi connectivity index (χ2n) is 3.19. The summed E-state index contributed by atoms with van der Waals surface area (Å²) in [4.78, 5) is 13.9. The van der Waals surface area contributed by atoms with Crippen LogP contribution in [0.2, 0.25) is 0 Å². The van der Waals surface area contributed by atoms with E-state index in [1.165, 1.54) is 24.3 Å². The third kappa shape index (κ3) is 5.64. The van der Waals surface area contributed by atoms with Crippen LogP contribution in [0, 0.1) is 0 Å². The molecule has 0 aliphatic carbocycles. The van der Waals surface area contributed by atoms with Crippen LogP contribution in [0.15, 0.2) is 65.8 Å². The van der Waals surface area contributed by atoms with Gasteiger partial charge < -0.3 is 9.92 Å². The molecule has 2 aromatic rings. The third-order valence-electron chi connectivity index (χ3n) is 1.79. The van der Waals surface area contributed by atoms with Crippen LogP contribution >= 0.6 is 0 Å². The van der Waals surface area contributed by atoms with Gasteiger partial charge in [0, 0.05) is 12.4 Å². The van der Waals surface area contributed by atoms with Gasteiger partial charge in [0.2, 0.25) is 0 Å². The lowest BCUT2D eigenvalue weighted by Gasteiger charge is -2.01. The van der Waals surface area contributed by atoms with E-state index in [-0.39, 0.29) is 4.90 Å². The van der Waals surface area contributed by atoms with Crippen molar-refractivity contribution in [3.05, 3.63) is 60.9 Å². The van der Waals surface area contributed by atoms with Gasteiger partial charge in [0.1, 0.15) is 4.90 Å². The number of aromatic nitrogens is 1. The van der Waals surface area contributed by atoms with Gasteiger partial charge >= 0.3 is 16.2 Å². The lowest BCUT2D eigenvalue weighted by atomic mass is 10.4. The van der Waals surface area contributed by atoms with E-state index < -0.39 is 16.2 Å². The molecule has 1 aromatic heterocycles. The minimum Gasteiger partial charge on any atom is -0.334 e. The minimum atomic E-state index is -4.03. The van der Waals surface area contributed by atoms with E-state index in [0.717, 1.165) is 0 Å². The number of carbonyl (C=O) groups is 1. The van der Waals surface area contributed by atoms with E-state index in [1.54, 1.807) is 18.5 Å². The lowest BCUT2D eigenvalue weighted by molar-refractivity contribution is 0.212. The van der Waals surface area contributed by atoms with Crippen molar-refractivity contribution < 1.29 is 17.4 Å². The number of benzene rings is 1. The summed E-state index contributed by atoms with van der Waals surface area (Å²) < 4.78 is 26.2. The molecule has 2 rings (SSSR count). The molecule has 1 heterocycles. The molecule has 0 atom stereocenters. The summed E-state index contributed by atoms with van der Waals surface area (Å²) >= 11 is 0. The van der Waals surface area contributed by atoms with Crippen LogP contribution in [0.3, 0.4) is 0 Å². The Morgan fingerprint density at radius 3 is 1.89 bits per heavy atom. The molecule has 0 spiro atoms. The fourth-order valence-electron chi connectivity index (χ4n) is 1.06. The molecule has 19 heavy (non-hydrogen) atoms. The maximum atomic E-state index is 11.1. The van der Waals surface area contributed by atoms with Gasteiger partial charge in [-0.15, -0.1) is 0 Å². The van der Waals surface area contributed by atoms with E-state index in [9.17, 15) is 13.2 Å². The molecule has 0 fully saturated rings. The van der Waals surface area contributed by atoms with E-state index in [1.807, 2.05) is 18.2 Å². The second kappa shape index (κ2) is 7.12. The molecule has 1 amide bonds. The number of carbonyl (C=O) groups excluding carboxylic acids is 1. The van der Waals surface area contributed by atoms with Gasteiger partial charge in [0.05, 0.1) is 0 Å². The molecule has 0 aliphatic rings. The summed E-state index contributed by atoms with van der Waals surface area (Å²) in [5, 5.41) is 0. The third-order valence-corrected chi connectivity index (χ3v) is 3.02. The zero-order valence-corrected chi connectivity index (χ0v) is 10.7. The highest BCUT2D eigenvalue weighted by Gasteiger charge is 2.17. The Hall–Kier alpha value is -2.41. The molecule has 2 N–H and O–H groups in total. The first-order valence-electron chi connectivity index (χ1n) is 5.16. The van der Waals surface area contributed by atoms with Gasteiger partial charge in [-0.1, -0.05) is 24.3 Å². The smallest absolute Gasteiger partial charge is 0.334 e. The van der Waals surface area contributed by atoms with Crippen molar-refractivity contribution in [1.82, 2.24) is 4.98 Å². The van der Waals surface area contributed by atoms with Crippen molar-refractivity contribution in [3.63, 3.8) is 0 Å². The Balaban J connectivity index is 0.000000250. The largest absolute Gasteiger partial charge is 0.420 e. The van der Waals surface area contributed by atoms with Gasteiger partial charge in [-0.3, -0.25) is 4.98 Å². The predicted octanol–water partition coefficient (Wildman–Crippen LogP) is 1.55. The van der Waals surface area contributed by atoms with Crippen LogP contribution in [-0.2, 0) is 14.3 Å². The number of rotatable bonds is 2. The van der Waals surface area contributed by atoms with E-state index in [2.05, 4.69) is 14.9 Å². The van der Waals surface area contributed by atoms with Crippen LogP contribution in [0.25, 0.3) is 0 Å². The van der Waals surface area contributed by atoms with Crippen LogP contribution < -0.4 is 5.73 Å². The Morgan fingerprint density at radius 1 is 1.00 bits per heavy atom. The highest BCUT2D eigenvalue weighted by Crippen LogP contribution is 2.10. The first kappa shape index (κ1) is 14.7. The fourth-order valence-corrected chi connectivity index (χ4v) is 1.86. The number of pyridine rings is 1. The first-order chi connectivity index (χ1) is 9.02. The quantitative estimate of drug-likeness (QED) is 0.841. The first-order valence-corrected chi connectivity index (χ1v) is 6.57.